The second-order valence-corrected chi connectivity index (χ2v) is 3.24. The van der Waals surface area contributed by atoms with Gasteiger partial charge in [-0.3, -0.25) is 9.52 Å². The van der Waals surface area contributed by atoms with Crippen molar-refractivity contribution >= 4 is 17.6 Å². The zero-order valence-electron chi connectivity index (χ0n) is 7.30. The lowest BCUT2D eigenvalue weighted by Crippen LogP contribution is -2.21. The highest BCUT2D eigenvalue weighted by Crippen LogP contribution is 2.06. The summed E-state index contributed by atoms with van der Waals surface area (Å²) in [6.07, 6.45) is 4.74. The first-order valence-corrected chi connectivity index (χ1v) is 5.07. The van der Waals surface area contributed by atoms with E-state index >= 15 is 0 Å². The maximum absolute atomic E-state index is 10.00. The predicted octanol–water partition coefficient (Wildman–Crippen LogP) is 2.38. The highest BCUT2D eigenvalue weighted by Gasteiger charge is 2.03. The zero-order chi connectivity index (χ0) is 8.53. The summed E-state index contributed by atoms with van der Waals surface area (Å²) in [5.74, 6) is 0. The van der Waals surface area contributed by atoms with E-state index in [-0.39, 0.29) is 0 Å². The minimum atomic E-state index is 0.505. The zero-order valence-corrected chi connectivity index (χ0v) is 8.12. The van der Waals surface area contributed by atoms with Crippen molar-refractivity contribution in [1.29, 1.82) is 0 Å². The summed E-state index contributed by atoms with van der Waals surface area (Å²) in [6, 6.07) is 0.505. The van der Waals surface area contributed by atoms with E-state index in [1.807, 2.05) is 0 Å². The molecule has 0 saturated carbocycles. The molecule has 0 spiro atoms. The van der Waals surface area contributed by atoms with Crippen LogP contribution in [0.25, 0.3) is 0 Å². The van der Waals surface area contributed by atoms with Crippen molar-refractivity contribution in [3.05, 3.63) is 0 Å². The summed E-state index contributed by atoms with van der Waals surface area (Å²) in [7, 11) is 0. The van der Waals surface area contributed by atoms with Crippen LogP contribution < -0.4 is 4.72 Å². The Labute approximate surface area is 73.3 Å². The molecule has 0 bridgehead atoms. The van der Waals surface area contributed by atoms with Gasteiger partial charge in [0.05, 0.1) is 0 Å². The summed E-state index contributed by atoms with van der Waals surface area (Å²) in [5, 5.41) is 0. The van der Waals surface area contributed by atoms with Gasteiger partial charge < -0.3 is 0 Å². The lowest BCUT2D eigenvalue weighted by molar-refractivity contribution is 0.534. The molecular weight excluding hydrogens is 158 g/mol. The molecule has 0 aliphatic carbocycles. The van der Waals surface area contributed by atoms with Gasteiger partial charge in [0.25, 0.3) is 0 Å². The van der Waals surface area contributed by atoms with E-state index < -0.39 is 0 Å². The third-order valence-corrected chi connectivity index (χ3v) is 2.25. The molecule has 3 heteroatoms. The van der Waals surface area contributed by atoms with Gasteiger partial charge in [0.1, 0.15) is 0 Å². The van der Waals surface area contributed by atoms with Gasteiger partial charge >= 0.3 is 0 Å². The number of hydrogen-bond acceptors (Lipinski definition) is 3. The van der Waals surface area contributed by atoms with E-state index in [2.05, 4.69) is 18.6 Å². The Kier molecular flexibility index (Phi) is 8.07. The van der Waals surface area contributed by atoms with Crippen molar-refractivity contribution in [2.24, 2.45) is 0 Å². The van der Waals surface area contributed by atoms with Gasteiger partial charge in [0, 0.05) is 6.04 Å². The fourth-order valence-corrected chi connectivity index (χ4v) is 1.45. The molecule has 0 radical (unpaired) electrons. The molecule has 0 aromatic heterocycles. The molecule has 0 aliphatic heterocycles. The van der Waals surface area contributed by atoms with Crippen molar-refractivity contribution in [1.82, 2.24) is 4.72 Å². The van der Waals surface area contributed by atoms with Gasteiger partial charge in [-0.25, -0.2) is 0 Å². The fourth-order valence-electron chi connectivity index (χ4n) is 0.921. The van der Waals surface area contributed by atoms with Crippen molar-refractivity contribution in [3.8, 4) is 0 Å². The van der Waals surface area contributed by atoms with Gasteiger partial charge in [0.2, 0.25) is 0 Å². The Hall–Kier alpha value is -0.0200. The van der Waals surface area contributed by atoms with Crippen LogP contribution in [-0.4, -0.2) is 11.7 Å². The molecule has 0 aromatic rings. The average molecular weight is 175 g/mol. The maximum atomic E-state index is 10.00. The third-order valence-electron chi connectivity index (χ3n) is 1.68. The molecule has 1 unspecified atom stereocenters. The van der Waals surface area contributed by atoms with Crippen molar-refractivity contribution in [2.45, 2.75) is 45.6 Å². The minimum absolute atomic E-state index is 0.505. The Bertz CT molecular complexity index is 98.1. The van der Waals surface area contributed by atoms with Crippen LogP contribution in [0.5, 0.6) is 0 Å². The Morgan fingerprint density at radius 1 is 1.55 bits per heavy atom. The Morgan fingerprint density at radius 3 is 2.73 bits per heavy atom. The van der Waals surface area contributed by atoms with Gasteiger partial charge in [-0.15, -0.1) is 0 Å². The van der Waals surface area contributed by atoms with E-state index in [1.165, 1.54) is 19.3 Å². The lowest BCUT2D eigenvalue weighted by Gasteiger charge is -2.12. The van der Waals surface area contributed by atoms with Crippen molar-refractivity contribution in [2.75, 3.05) is 0 Å². The summed E-state index contributed by atoms with van der Waals surface area (Å²) < 4.78 is 3.10. The summed E-state index contributed by atoms with van der Waals surface area (Å²) in [5.41, 5.74) is 0.842. The molecule has 0 aromatic carbocycles. The molecule has 0 saturated heterocycles. The summed E-state index contributed by atoms with van der Waals surface area (Å²) in [6.45, 7) is 4.32. The second-order valence-electron chi connectivity index (χ2n) is 2.58. The molecule has 1 N–H and O–H groups in total. The number of unbranched alkanes of at least 4 members (excludes halogenated alkanes) is 1. The summed E-state index contributed by atoms with van der Waals surface area (Å²) in [4.78, 5) is 10.00. The second kappa shape index (κ2) is 8.08. The molecule has 0 aliphatic rings. The first kappa shape index (κ1) is 11.0. The smallest absolute Gasteiger partial charge is 0.191 e. The number of carbonyl (C=O) groups is 1. The van der Waals surface area contributed by atoms with Crippen LogP contribution in [-0.2, 0) is 4.79 Å². The van der Waals surface area contributed by atoms with E-state index in [0.29, 0.717) is 6.04 Å². The molecular formula is C8H17NOS. The minimum Gasteiger partial charge on any atom is -0.290 e. The molecule has 0 fully saturated rings. The van der Waals surface area contributed by atoms with Gasteiger partial charge in [-0.2, -0.15) is 0 Å². The molecule has 0 rings (SSSR count). The quantitative estimate of drug-likeness (QED) is 0.476. The molecule has 66 valence electrons. The van der Waals surface area contributed by atoms with Crippen LogP contribution in [0.1, 0.15) is 39.5 Å². The number of rotatable bonds is 7. The number of hydrogen-bond donors (Lipinski definition) is 1. The van der Waals surface area contributed by atoms with E-state index in [9.17, 15) is 4.79 Å². The normalized spacial score (nSPS) is 12.9. The third kappa shape index (κ3) is 6.38. The Morgan fingerprint density at radius 2 is 2.27 bits per heavy atom. The monoisotopic (exact) mass is 175 g/mol. The van der Waals surface area contributed by atoms with Gasteiger partial charge in [-0.05, 0) is 24.8 Å². The number of nitrogens with one attached hydrogen (secondary N) is 1. The van der Waals surface area contributed by atoms with Crippen LogP contribution in [0.3, 0.4) is 0 Å². The van der Waals surface area contributed by atoms with E-state index in [1.54, 1.807) is 0 Å². The highest BCUT2D eigenvalue weighted by molar-refractivity contribution is 8.10. The molecule has 2 nitrogen and oxygen atoms in total. The number of carbonyl (C=O) groups excluding carboxylic acids is 1. The maximum Gasteiger partial charge on any atom is 0.191 e. The predicted molar refractivity (Wildman–Crippen MR) is 51.1 cm³/mol. The molecule has 0 amide bonds. The van der Waals surface area contributed by atoms with Crippen LogP contribution in [0.4, 0.5) is 0 Å². The van der Waals surface area contributed by atoms with Crippen molar-refractivity contribution < 1.29 is 4.79 Å². The molecule has 11 heavy (non-hydrogen) atoms. The fraction of sp³-hybridized carbons (Fsp3) is 0.875. The van der Waals surface area contributed by atoms with Crippen LogP contribution in [0.15, 0.2) is 0 Å². The van der Waals surface area contributed by atoms with Gasteiger partial charge in [0.15, 0.2) is 5.62 Å². The first-order chi connectivity index (χ1) is 5.35. The van der Waals surface area contributed by atoms with Crippen LogP contribution in [0, 0.1) is 0 Å². The molecule has 0 heterocycles. The van der Waals surface area contributed by atoms with Crippen LogP contribution in [0.2, 0.25) is 0 Å². The standard InChI is InChI=1S/C8H17NOS/c1-3-5-6-8(4-2)9-11-7-10/h7-9H,3-6H2,1-2H3. The van der Waals surface area contributed by atoms with Gasteiger partial charge in [-0.1, -0.05) is 26.7 Å². The summed E-state index contributed by atoms with van der Waals surface area (Å²) >= 11 is 1.16. The van der Waals surface area contributed by atoms with E-state index in [0.717, 1.165) is 24.0 Å². The largest absolute Gasteiger partial charge is 0.290 e. The topological polar surface area (TPSA) is 29.1 Å². The average Bonchev–Trinajstić information content (AvgIpc) is 2.05. The Balaban J connectivity index is 3.32. The molecule has 1 atom stereocenters. The first-order valence-electron chi connectivity index (χ1n) is 4.19. The van der Waals surface area contributed by atoms with E-state index in [4.69, 9.17) is 0 Å². The van der Waals surface area contributed by atoms with Crippen LogP contribution >= 0.6 is 11.9 Å². The highest BCUT2D eigenvalue weighted by atomic mass is 32.2. The van der Waals surface area contributed by atoms with Crippen molar-refractivity contribution in [3.63, 3.8) is 0 Å². The lowest BCUT2D eigenvalue weighted by atomic mass is 10.1. The SMILES string of the molecule is CCCCC(CC)NSC=O.